The summed E-state index contributed by atoms with van der Waals surface area (Å²) in [5, 5.41) is 5.20. The summed E-state index contributed by atoms with van der Waals surface area (Å²) in [6, 6.07) is 11.4. The number of carbonyl (C=O) groups is 2. The molecule has 5 nitrogen and oxygen atoms in total. The second kappa shape index (κ2) is 7.72. The zero-order chi connectivity index (χ0) is 19.6. The minimum Gasteiger partial charge on any atom is -0.495 e. The molecule has 0 radical (unpaired) electrons. The first-order chi connectivity index (χ1) is 12.8. The van der Waals surface area contributed by atoms with Gasteiger partial charge in [-0.15, -0.1) is 11.3 Å². The predicted molar refractivity (Wildman–Crippen MR) is 108 cm³/mol. The van der Waals surface area contributed by atoms with E-state index in [0.29, 0.717) is 18.0 Å². The molecule has 2 heterocycles. The van der Waals surface area contributed by atoms with Crippen LogP contribution in [-0.2, 0) is 9.59 Å². The normalized spacial score (nSPS) is 18.4. The smallest absolute Gasteiger partial charge is 0.227 e. The molecule has 0 aliphatic carbocycles. The Hall–Kier alpha value is -2.34. The lowest BCUT2D eigenvalue weighted by atomic mass is 9.85. The Morgan fingerprint density at radius 2 is 2.00 bits per heavy atom. The molecule has 1 aliphatic rings. The molecular weight excluding hydrogens is 360 g/mol. The molecule has 1 saturated heterocycles. The number of hydrogen-bond acceptors (Lipinski definition) is 4. The minimum absolute atomic E-state index is 0.0527. The summed E-state index contributed by atoms with van der Waals surface area (Å²) in [7, 11) is 1.58. The van der Waals surface area contributed by atoms with Gasteiger partial charge < -0.3 is 15.0 Å². The molecule has 2 aromatic rings. The fraction of sp³-hybridized carbons (Fsp3) is 0.429. The minimum atomic E-state index is -0.368. The lowest BCUT2D eigenvalue weighted by Crippen LogP contribution is -2.40. The zero-order valence-corrected chi connectivity index (χ0v) is 17.0. The van der Waals surface area contributed by atoms with Crippen LogP contribution in [0.3, 0.4) is 0 Å². The van der Waals surface area contributed by atoms with E-state index in [4.69, 9.17) is 4.74 Å². The van der Waals surface area contributed by atoms with Crippen molar-refractivity contribution >= 4 is 28.8 Å². The van der Waals surface area contributed by atoms with Crippen LogP contribution in [0, 0.1) is 11.3 Å². The van der Waals surface area contributed by atoms with Gasteiger partial charge in [-0.05, 0) is 29.0 Å². The maximum atomic E-state index is 13.0. The second-order valence-corrected chi connectivity index (χ2v) is 8.88. The number of thiophene rings is 1. The number of ether oxygens (including phenoxy) is 1. The molecule has 3 rings (SSSR count). The van der Waals surface area contributed by atoms with Crippen LogP contribution in [-0.4, -0.2) is 25.5 Å². The third kappa shape index (κ3) is 4.16. The maximum absolute atomic E-state index is 13.0. The molecule has 2 amide bonds. The van der Waals surface area contributed by atoms with Crippen molar-refractivity contribution in [2.24, 2.45) is 11.3 Å². The largest absolute Gasteiger partial charge is 0.495 e. The van der Waals surface area contributed by atoms with E-state index in [9.17, 15) is 9.59 Å². The van der Waals surface area contributed by atoms with Gasteiger partial charge in [-0.25, -0.2) is 0 Å². The molecule has 1 aliphatic heterocycles. The fourth-order valence-electron chi connectivity index (χ4n) is 3.40. The standard InChI is InChI=1S/C21H26N2O3S/c1-21(2,3)19(17-10-7-11-27-17)22-20(25)14-12-18(24)23(13-14)15-8-5-6-9-16(15)26-4/h5-11,14,19H,12-13H2,1-4H3,(H,22,25). The number of amides is 2. The van der Waals surface area contributed by atoms with Gasteiger partial charge in [0.1, 0.15) is 5.75 Å². The van der Waals surface area contributed by atoms with Gasteiger partial charge in [0.25, 0.3) is 0 Å². The summed E-state index contributed by atoms with van der Waals surface area (Å²) >= 11 is 1.64. The van der Waals surface area contributed by atoms with Crippen molar-refractivity contribution < 1.29 is 14.3 Å². The third-order valence-electron chi connectivity index (χ3n) is 4.85. The highest BCUT2D eigenvalue weighted by Crippen LogP contribution is 2.37. The lowest BCUT2D eigenvalue weighted by Gasteiger charge is -2.31. The van der Waals surface area contributed by atoms with Crippen molar-refractivity contribution in [3.63, 3.8) is 0 Å². The summed E-state index contributed by atoms with van der Waals surface area (Å²) in [4.78, 5) is 28.3. The van der Waals surface area contributed by atoms with Crippen LogP contribution in [0.4, 0.5) is 5.69 Å². The van der Waals surface area contributed by atoms with Crippen LogP contribution in [0.2, 0.25) is 0 Å². The van der Waals surface area contributed by atoms with Gasteiger partial charge >= 0.3 is 0 Å². The number of rotatable bonds is 5. The number of para-hydroxylation sites is 2. The molecule has 1 fully saturated rings. The van der Waals surface area contributed by atoms with Gasteiger partial charge in [-0.1, -0.05) is 39.0 Å². The molecule has 1 N–H and O–H groups in total. The van der Waals surface area contributed by atoms with Gasteiger partial charge in [0.15, 0.2) is 0 Å². The lowest BCUT2D eigenvalue weighted by molar-refractivity contribution is -0.127. The van der Waals surface area contributed by atoms with Crippen molar-refractivity contribution in [3.8, 4) is 5.75 Å². The van der Waals surface area contributed by atoms with E-state index in [1.54, 1.807) is 23.3 Å². The number of carbonyl (C=O) groups excluding carboxylic acids is 2. The van der Waals surface area contributed by atoms with Gasteiger partial charge in [0.05, 0.1) is 24.8 Å². The Labute approximate surface area is 164 Å². The topological polar surface area (TPSA) is 58.6 Å². The van der Waals surface area contributed by atoms with Gasteiger partial charge in [-0.2, -0.15) is 0 Å². The molecule has 144 valence electrons. The summed E-state index contributed by atoms with van der Waals surface area (Å²) in [6.07, 6.45) is 0.213. The third-order valence-corrected chi connectivity index (χ3v) is 5.79. The SMILES string of the molecule is COc1ccccc1N1CC(C(=O)NC(c2cccs2)C(C)(C)C)CC1=O. The Bertz CT molecular complexity index is 811. The Morgan fingerprint density at radius 1 is 1.26 bits per heavy atom. The number of hydrogen-bond donors (Lipinski definition) is 1. The van der Waals surface area contributed by atoms with E-state index >= 15 is 0 Å². The first kappa shape index (κ1) is 19.4. The van der Waals surface area contributed by atoms with Crippen LogP contribution in [0.1, 0.15) is 38.1 Å². The monoisotopic (exact) mass is 386 g/mol. The molecule has 0 saturated carbocycles. The predicted octanol–water partition coefficient (Wildman–Crippen LogP) is 4.01. The number of benzene rings is 1. The number of nitrogens with one attached hydrogen (secondary N) is 1. The first-order valence-corrected chi connectivity index (χ1v) is 9.96. The number of methoxy groups -OCH3 is 1. The Kier molecular flexibility index (Phi) is 5.56. The van der Waals surface area contributed by atoms with E-state index in [-0.39, 0.29) is 35.6 Å². The fourth-order valence-corrected chi connectivity index (χ4v) is 4.42. The van der Waals surface area contributed by atoms with E-state index < -0.39 is 0 Å². The molecule has 1 aromatic carbocycles. The zero-order valence-electron chi connectivity index (χ0n) is 16.2. The average molecular weight is 387 g/mol. The Morgan fingerprint density at radius 3 is 2.63 bits per heavy atom. The molecule has 1 aromatic heterocycles. The Balaban J connectivity index is 1.75. The molecule has 0 bridgehead atoms. The maximum Gasteiger partial charge on any atom is 0.227 e. The quantitative estimate of drug-likeness (QED) is 0.845. The van der Waals surface area contributed by atoms with Crippen molar-refractivity contribution in [1.82, 2.24) is 5.32 Å². The molecular formula is C21H26N2O3S. The van der Waals surface area contributed by atoms with E-state index in [2.05, 4.69) is 26.1 Å². The van der Waals surface area contributed by atoms with E-state index in [1.807, 2.05) is 41.8 Å². The summed E-state index contributed by atoms with van der Waals surface area (Å²) in [5.74, 6) is 0.141. The van der Waals surface area contributed by atoms with E-state index in [1.165, 1.54) is 0 Å². The van der Waals surface area contributed by atoms with Crippen molar-refractivity contribution in [2.75, 3.05) is 18.6 Å². The van der Waals surface area contributed by atoms with Gasteiger partial charge in [0.2, 0.25) is 11.8 Å². The van der Waals surface area contributed by atoms with Gasteiger partial charge in [-0.3, -0.25) is 9.59 Å². The van der Waals surface area contributed by atoms with Crippen molar-refractivity contribution in [3.05, 3.63) is 46.7 Å². The summed E-state index contributed by atoms with van der Waals surface area (Å²) in [5.41, 5.74) is 0.594. The molecule has 2 atom stereocenters. The summed E-state index contributed by atoms with van der Waals surface area (Å²) in [6.45, 7) is 6.70. The molecule has 0 spiro atoms. The number of anilines is 1. The molecule has 2 unspecified atom stereocenters. The first-order valence-electron chi connectivity index (χ1n) is 9.08. The van der Waals surface area contributed by atoms with Crippen LogP contribution >= 0.6 is 11.3 Å². The second-order valence-electron chi connectivity index (χ2n) is 7.90. The average Bonchev–Trinajstić information content (AvgIpc) is 3.28. The molecule has 27 heavy (non-hydrogen) atoms. The van der Waals surface area contributed by atoms with Crippen LogP contribution in [0.5, 0.6) is 5.75 Å². The van der Waals surface area contributed by atoms with Crippen LogP contribution < -0.4 is 15.0 Å². The molecule has 6 heteroatoms. The highest BCUT2D eigenvalue weighted by atomic mass is 32.1. The van der Waals surface area contributed by atoms with Crippen LogP contribution in [0.25, 0.3) is 0 Å². The van der Waals surface area contributed by atoms with Crippen molar-refractivity contribution in [2.45, 2.75) is 33.2 Å². The number of nitrogens with zero attached hydrogens (tertiary/aromatic N) is 1. The summed E-state index contributed by atoms with van der Waals surface area (Å²) < 4.78 is 5.37. The van der Waals surface area contributed by atoms with Gasteiger partial charge in [0, 0.05) is 17.8 Å². The van der Waals surface area contributed by atoms with E-state index in [0.717, 1.165) is 4.88 Å². The van der Waals surface area contributed by atoms with Crippen LogP contribution in [0.15, 0.2) is 41.8 Å². The van der Waals surface area contributed by atoms with Crippen molar-refractivity contribution in [1.29, 1.82) is 0 Å². The highest BCUT2D eigenvalue weighted by molar-refractivity contribution is 7.10. The highest BCUT2D eigenvalue weighted by Gasteiger charge is 2.38.